The zero-order valence-corrected chi connectivity index (χ0v) is 18.4. The second-order valence-corrected chi connectivity index (χ2v) is 7.66. The average Bonchev–Trinajstić information content (AvgIpc) is 2.64. The van der Waals surface area contributed by atoms with E-state index in [9.17, 15) is 14.4 Å². The normalized spacial score (nSPS) is 10.6. The molecule has 29 heavy (non-hydrogen) atoms. The van der Waals surface area contributed by atoms with Crippen LogP contribution in [-0.2, 0) is 14.3 Å². The van der Waals surface area contributed by atoms with Gasteiger partial charge in [0.15, 0.2) is 0 Å². The zero-order chi connectivity index (χ0) is 21.6. The number of ether oxygens (including phenoxy) is 1. The molecule has 0 aliphatic carbocycles. The summed E-state index contributed by atoms with van der Waals surface area (Å²) in [4.78, 5) is 37.9. The number of hydrogen-bond acceptors (Lipinski definition) is 5. The van der Waals surface area contributed by atoms with E-state index in [-0.39, 0.29) is 24.9 Å². The van der Waals surface area contributed by atoms with E-state index in [1.54, 1.807) is 30.1 Å². The van der Waals surface area contributed by atoms with Gasteiger partial charge >= 0.3 is 5.97 Å². The maximum atomic E-state index is 12.4. The van der Waals surface area contributed by atoms with E-state index < -0.39 is 5.97 Å². The fourth-order valence-electron chi connectivity index (χ4n) is 2.69. The number of amides is 2. The Bertz CT molecular complexity index is 930. The molecule has 0 saturated carbocycles. The van der Waals surface area contributed by atoms with Crippen LogP contribution in [0.3, 0.4) is 0 Å². The molecule has 0 bridgehead atoms. The number of carbonyl (C=O) groups excluding carboxylic acids is 3. The van der Waals surface area contributed by atoms with Gasteiger partial charge in [-0.3, -0.25) is 14.5 Å². The second-order valence-electron chi connectivity index (χ2n) is 6.75. The van der Waals surface area contributed by atoms with Gasteiger partial charge in [0.1, 0.15) is 0 Å². The Morgan fingerprint density at radius 3 is 2.14 bits per heavy atom. The minimum Gasteiger partial charge on any atom is -0.465 e. The first-order chi connectivity index (χ1) is 13.7. The van der Waals surface area contributed by atoms with Crippen LogP contribution < -0.4 is 10.6 Å². The molecule has 0 aromatic heterocycles. The molecule has 2 rings (SSSR count). The van der Waals surface area contributed by atoms with E-state index in [1.807, 2.05) is 32.0 Å². The third kappa shape index (κ3) is 6.69. The molecule has 2 aromatic carbocycles. The second kappa shape index (κ2) is 10.2. The fraction of sp³-hybridized carbons (Fsp3) is 0.286. The van der Waals surface area contributed by atoms with Crippen molar-refractivity contribution in [3.05, 3.63) is 57.6 Å². The molecule has 0 atom stereocenters. The van der Waals surface area contributed by atoms with E-state index >= 15 is 0 Å². The van der Waals surface area contributed by atoms with Gasteiger partial charge in [-0.2, -0.15) is 0 Å². The molecule has 0 unspecified atom stereocenters. The van der Waals surface area contributed by atoms with Crippen molar-refractivity contribution in [2.75, 3.05) is 37.9 Å². The third-order valence-corrected chi connectivity index (χ3v) is 4.72. The number of nitrogens with zero attached hydrogens (tertiary/aromatic N) is 1. The van der Waals surface area contributed by atoms with Gasteiger partial charge < -0.3 is 15.4 Å². The number of nitrogens with one attached hydrogen (secondary N) is 2. The molecular weight excluding hydrogens is 438 g/mol. The highest BCUT2D eigenvalue weighted by Gasteiger charge is 2.14. The molecule has 0 saturated heterocycles. The number of carbonyl (C=O) groups is 3. The Kier molecular flexibility index (Phi) is 7.92. The van der Waals surface area contributed by atoms with Gasteiger partial charge in [-0.1, -0.05) is 22.0 Å². The highest BCUT2D eigenvalue weighted by molar-refractivity contribution is 9.10. The number of hydrogen-bond donors (Lipinski definition) is 2. The summed E-state index contributed by atoms with van der Waals surface area (Å²) >= 11 is 3.39. The third-order valence-electron chi connectivity index (χ3n) is 4.22. The first-order valence-electron chi connectivity index (χ1n) is 8.93. The number of rotatable bonds is 7. The van der Waals surface area contributed by atoms with Crippen molar-refractivity contribution < 1.29 is 19.1 Å². The lowest BCUT2D eigenvalue weighted by atomic mass is 10.1. The van der Waals surface area contributed by atoms with Crippen molar-refractivity contribution in [1.29, 1.82) is 0 Å². The number of likely N-dealkylation sites (N-methyl/N-ethyl adjacent to an activating group) is 1. The van der Waals surface area contributed by atoms with Gasteiger partial charge in [0.2, 0.25) is 11.8 Å². The van der Waals surface area contributed by atoms with Crippen molar-refractivity contribution in [2.45, 2.75) is 13.8 Å². The topological polar surface area (TPSA) is 87.7 Å². The highest BCUT2D eigenvalue weighted by Crippen LogP contribution is 2.20. The largest absolute Gasteiger partial charge is 0.465 e. The first kappa shape index (κ1) is 22.6. The molecule has 2 aromatic rings. The molecular formula is C21H24BrN3O4. The van der Waals surface area contributed by atoms with Crippen LogP contribution in [-0.4, -0.2) is 49.9 Å². The quantitative estimate of drug-likeness (QED) is 0.617. The molecule has 0 heterocycles. The van der Waals surface area contributed by atoms with Crippen LogP contribution in [0.5, 0.6) is 0 Å². The summed E-state index contributed by atoms with van der Waals surface area (Å²) in [5.41, 5.74) is 3.37. The summed E-state index contributed by atoms with van der Waals surface area (Å²) in [6, 6.07) is 10.5. The summed E-state index contributed by atoms with van der Waals surface area (Å²) in [7, 11) is 2.99. The molecule has 2 N–H and O–H groups in total. The van der Waals surface area contributed by atoms with Crippen molar-refractivity contribution in [3.63, 3.8) is 0 Å². The van der Waals surface area contributed by atoms with Crippen LogP contribution in [0.25, 0.3) is 0 Å². The van der Waals surface area contributed by atoms with Gasteiger partial charge in [-0.25, -0.2) is 4.79 Å². The van der Waals surface area contributed by atoms with Gasteiger partial charge in [-0.15, -0.1) is 0 Å². The average molecular weight is 462 g/mol. The Morgan fingerprint density at radius 1 is 0.931 bits per heavy atom. The van der Waals surface area contributed by atoms with E-state index in [0.717, 1.165) is 21.3 Å². The Labute approximate surface area is 178 Å². The van der Waals surface area contributed by atoms with Crippen LogP contribution >= 0.6 is 15.9 Å². The summed E-state index contributed by atoms with van der Waals surface area (Å²) in [5.74, 6) is -0.975. The van der Waals surface area contributed by atoms with Crippen LogP contribution in [0, 0.1) is 13.8 Å². The van der Waals surface area contributed by atoms with Crippen LogP contribution in [0.4, 0.5) is 11.4 Å². The van der Waals surface area contributed by atoms with Crippen molar-refractivity contribution in [1.82, 2.24) is 4.90 Å². The van der Waals surface area contributed by atoms with Gasteiger partial charge in [0.05, 0.1) is 25.8 Å². The smallest absolute Gasteiger partial charge is 0.337 e. The minimum absolute atomic E-state index is 0.0225. The standard InChI is InChI=1S/C21H24BrN3O4/c1-13-5-6-15(21(28)29-4)10-18(13)24-20(27)12-25(3)11-19(26)23-17-8-7-16(22)9-14(17)2/h5-10H,11-12H2,1-4H3,(H,23,26)(H,24,27). The lowest BCUT2D eigenvalue weighted by Gasteiger charge is -2.17. The number of halogens is 1. The highest BCUT2D eigenvalue weighted by atomic mass is 79.9. The number of methoxy groups -OCH3 is 1. The van der Waals surface area contributed by atoms with Crippen LogP contribution in [0.1, 0.15) is 21.5 Å². The SMILES string of the molecule is COC(=O)c1ccc(C)c(NC(=O)CN(C)CC(=O)Nc2ccc(Br)cc2C)c1. The van der Waals surface area contributed by atoms with Gasteiger partial charge in [-0.05, 0) is 62.4 Å². The molecule has 154 valence electrons. The predicted octanol–water partition coefficient (Wildman–Crippen LogP) is 3.36. The van der Waals surface area contributed by atoms with Gasteiger partial charge in [0, 0.05) is 15.8 Å². The Balaban J connectivity index is 1.92. The predicted molar refractivity (Wildman–Crippen MR) is 116 cm³/mol. The number of aryl methyl sites for hydroxylation is 2. The number of benzene rings is 2. The van der Waals surface area contributed by atoms with E-state index in [4.69, 9.17) is 4.74 Å². The monoisotopic (exact) mass is 461 g/mol. The summed E-state index contributed by atoms with van der Waals surface area (Å²) in [6.45, 7) is 3.81. The Morgan fingerprint density at radius 2 is 1.55 bits per heavy atom. The molecule has 8 heteroatoms. The van der Waals surface area contributed by atoms with Crippen molar-refractivity contribution >= 4 is 45.1 Å². The maximum absolute atomic E-state index is 12.4. The molecule has 0 spiro atoms. The molecule has 7 nitrogen and oxygen atoms in total. The molecule has 0 fully saturated rings. The van der Waals surface area contributed by atoms with Crippen LogP contribution in [0.2, 0.25) is 0 Å². The summed E-state index contributed by atoms with van der Waals surface area (Å²) < 4.78 is 5.64. The molecule has 0 aliphatic rings. The van der Waals surface area contributed by atoms with E-state index in [2.05, 4.69) is 26.6 Å². The minimum atomic E-state index is -0.475. The van der Waals surface area contributed by atoms with E-state index in [0.29, 0.717) is 11.3 Å². The molecule has 0 aliphatic heterocycles. The molecule has 0 radical (unpaired) electrons. The van der Waals surface area contributed by atoms with Crippen molar-refractivity contribution in [2.24, 2.45) is 0 Å². The summed E-state index contributed by atoms with van der Waals surface area (Å²) in [6.07, 6.45) is 0. The number of anilines is 2. The first-order valence-corrected chi connectivity index (χ1v) is 9.72. The van der Waals surface area contributed by atoms with Gasteiger partial charge in [0.25, 0.3) is 0 Å². The maximum Gasteiger partial charge on any atom is 0.337 e. The lowest BCUT2D eigenvalue weighted by molar-refractivity contribution is -0.119. The zero-order valence-electron chi connectivity index (χ0n) is 16.8. The van der Waals surface area contributed by atoms with Crippen LogP contribution in [0.15, 0.2) is 40.9 Å². The Hall–Kier alpha value is -2.71. The molecule has 2 amide bonds. The lowest BCUT2D eigenvalue weighted by Crippen LogP contribution is -2.36. The van der Waals surface area contributed by atoms with Crippen molar-refractivity contribution in [3.8, 4) is 0 Å². The summed E-state index contributed by atoms with van der Waals surface area (Å²) in [5, 5.41) is 5.62. The fourth-order valence-corrected chi connectivity index (χ4v) is 3.17. The number of esters is 1. The van der Waals surface area contributed by atoms with E-state index in [1.165, 1.54) is 7.11 Å².